The second-order valence-electron chi connectivity index (χ2n) is 7.71. The second-order valence-corrected chi connectivity index (χ2v) is 17.7. The van der Waals surface area contributed by atoms with Gasteiger partial charge in [-0.3, -0.25) is 0 Å². The molecule has 2 nitrogen and oxygen atoms in total. The Morgan fingerprint density at radius 3 is 2.17 bits per heavy atom. The second kappa shape index (κ2) is 6.46. The summed E-state index contributed by atoms with van der Waals surface area (Å²) in [4.78, 5) is 0. The van der Waals surface area contributed by atoms with E-state index in [9.17, 15) is 0 Å². The summed E-state index contributed by atoms with van der Waals surface area (Å²) in [6.07, 6.45) is 0. The first-order chi connectivity index (χ1) is 11.3. The molecule has 0 bridgehead atoms. The van der Waals surface area contributed by atoms with Crippen LogP contribution in [0.5, 0.6) is 5.75 Å². The van der Waals surface area contributed by atoms with E-state index in [4.69, 9.17) is 17.0 Å². The maximum Gasteiger partial charge on any atom is 0.198 e. The van der Waals surface area contributed by atoms with E-state index < -0.39 is 16.5 Å². The highest BCUT2D eigenvalue weighted by atomic mass is 32.1. The number of anilines is 1. The maximum atomic E-state index is 5.86. The van der Waals surface area contributed by atoms with Crippen molar-refractivity contribution >= 4 is 39.4 Å². The van der Waals surface area contributed by atoms with Gasteiger partial charge >= 0.3 is 0 Å². The number of benzene rings is 2. The van der Waals surface area contributed by atoms with E-state index in [1.54, 1.807) is 0 Å². The molecule has 2 aromatic carbocycles. The predicted octanol–water partition coefficient (Wildman–Crippen LogP) is 5.67. The molecule has 0 spiro atoms. The normalized spacial score (nSPS) is 18.4. The molecule has 1 saturated heterocycles. The van der Waals surface area contributed by atoms with Gasteiger partial charge in [-0.25, -0.2) is 0 Å². The molecule has 1 fully saturated rings. The Balaban J connectivity index is 1.88. The quantitative estimate of drug-likeness (QED) is 0.509. The Kier molecular flexibility index (Phi) is 4.68. The van der Waals surface area contributed by atoms with Gasteiger partial charge in [-0.2, -0.15) is 0 Å². The molecule has 0 aromatic heterocycles. The van der Waals surface area contributed by atoms with Crippen LogP contribution < -0.4 is 8.97 Å². The molecule has 24 heavy (non-hydrogen) atoms. The molecule has 0 aliphatic carbocycles. The van der Waals surface area contributed by atoms with Crippen LogP contribution in [0.1, 0.15) is 5.56 Å². The summed E-state index contributed by atoms with van der Waals surface area (Å²) in [5, 5.41) is 0.543. The van der Waals surface area contributed by atoms with Crippen molar-refractivity contribution in [1.82, 2.24) is 0 Å². The fourth-order valence-corrected chi connectivity index (χ4v) is 18.2. The number of rotatable bonds is 3. The number of para-hydroxylation sites is 1. The van der Waals surface area contributed by atoms with Crippen molar-refractivity contribution in [2.45, 2.75) is 38.3 Å². The molecular weight excluding hydrogens is 346 g/mol. The van der Waals surface area contributed by atoms with Crippen LogP contribution in [0.2, 0.25) is 38.3 Å². The summed E-state index contributed by atoms with van der Waals surface area (Å²) in [5.74, 6) is 0.790. The zero-order valence-electron chi connectivity index (χ0n) is 14.9. The van der Waals surface area contributed by atoms with Crippen LogP contribution in [-0.4, -0.2) is 21.5 Å². The van der Waals surface area contributed by atoms with Gasteiger partial charge in [-0.1, -0.05) is 56.5 Å². The monoisotopic (exact) mass is 371 g/mol. The van der Waals surface area contributed by atoms with E-state index >= 15 is 0 Å². The highest BCUT2D eigenvalue weighted by Gasteiger charge is 2.47. The lowest BCUT2D eigenvalue weighted by molar-refractivity contribution is 0.566. The Hall–Kier alpha value is -1.44. The van der Waals surface area contributed by atoms with E-state index in [2.05, 4.69) is 48.6 Å². The molecule has 0 amide bonds. The van der Waals surface area contributed by atoms with Gasteiger partial charge in [0.05, 0.1) is 0 Å². The summed E-state index contributed by atoms with van der Waals surface area (Å²) in [6.45, 7) is 9.95. The minimum Gasteiger partial charge on any atom is -0.445 e. The predicted molar refractivity (Wildman–Crippen MR) is 112 cm³/mol. The fourth-order valence-electron chi connectivity index (χ4n) is 3.78. The molecule has 0 unspecified atom stereocenters. The van der Waals surface area contributed by atoms with Crippen molar-refractivity contribution in [3.8, 4) is 5.75 Å². The molecule has 1 aliphatic heterocycles. The molecule has 0 radical (unpaired) electrons. The van der Waals surface area contributed by atoms with Crippen LogP contribution in [0.25, 0.3) is 0 Å². The number of hydrogen-bond donors (Lipinski definition) is 0. The Labute approximate surface area is 152 Å². The molecule has 1 aliphatic rings. The third-order valence-corrected chi connectivity index (χ3v) is 15.2. The summed E-state index contributed by atoms with van der Waals surface area (Å²) >= 11 is 5.53. The Bertz CT molecular complexity index is 730. The SMILES string of the molecule is C[Si]1(C)CC[Si](C)(C)N1c1cccc(C(=S)Oc2ccccc2)c1. The largest absolute Gasteiger partial charge is 0.445 e. The first-order valence-electron chi connectivity index (χ1n) is 8.47. The van der Waals surface area contributed by atoms with Gasteiger partial charge in [-0.15, -0.1) is 0 Å². The highest BCUT2D eigenvalue weighted by molar-refractivity contribution is 7.80. The Morgan fingerprint density at radius 1 is 0.917 bits per heavy atom. The van der Waals surface area contributed by atoms with Crippen molar-refractivity contribution in [3.05, 3.63) is 60.2 Å². The summed E-state index contributed by atoms with van der Waals surface area (Å²) in [7, 11) is -2.73. The molecule has 0 N–H and O–H groups in total. The van der Waals surface area contributed by atoms with Crippen molar-refractivity contribution < 1.29 is 4.74 Å². The summed E-state index contributed by atoms with van der Waals surface area (Å²) in [6, 6.07) is 21.2. The molecule has 2 aromatic rings. The van der Waals surface area contributed by atoms with Crippen molar-refractivity contribution in [2.24, 2.45) is 0 Å². The third-order valence-electron chi connectivity index (χ3n) is 4.85. The van der Waals surface area contributed by atoms with Gasteiger partial charge in [0, 0.05) is 11.3 Å². The van der Waals surface area contributed by atoms with Crippen LogP contribution in [0.15, 0.2) is 54.6 Å². The summed E-state index contributed by atoms with van der Waals surface area (Å²) < 4.78 is 8.66. The average Bonchev–Trinajstić information content (AvgIpc) is 2.76. The van der Waals surface area contributed by atoms with Crippen molar-refractivity contribution in [2.75, 3.05) is 4.23 Å². The first-order valence-corrected chi connectivity index (χ1v) is 15.2. The van der Waals surface area contributed by atoms with E-state index in [1.807, 2.05) is 36.4 Å². The van der Waals surface area contributed by atoms with Gasteiger partial charge in [0.2, 0.25) is 0 Å². The van der Waals surface area contributed by atoms with Crippen LogP contribution in [0.4, 0.5) is 5.69 Å². The molecule has 5 heteroatoms. The third kappa shape index (κ3) is 3.48. The molecule has 126 valence electrons. The Morgan fingerprint density at radius 2 is 1.54 bits per heavy atom. The minimum absolute atomic E-state index is 0.543. The zero-order valence-corrected chi connectivity index (χ0v) is 17.7. The number of ether oxygens (including phenoxy) is 1. The lowest BCUT2D eigenvalue weighted by Gasteiger charge is -2.41. The fraction of sp³-hybridized carbons (Fsp3) is 0.316. The van der Waals surface area contributed by atoms with Crippen LogP contribution in [-0.2, 0) is 0 Å². The number of nitrogens with zero attached hydrogens (tertiary/aromatic N) is 1. The molecule has 1 heterocycles. The maximum absolute atomic E-state index is 5.86. The molecule has 0 atom stereocenters. The first kappa shape index (κ1) is 17.4. The molecule has 0 saturated carbocycles. The van der Waals surface area contributed by atoms with Gasteiger partial charge in [-0.05, 0) is 48.6 Å². The molecule has 3 rings (SSSR count). The van der Waals surface area contributed by atoms with E-state index in [0.717, 1.165) is 11.3 Å². The van der Waals surface area contributed by atoms with Crippen LogP contribution in [0, 0.1) is 0 Å². The van der Waals surface area contributed by atoms with E-state index in [0.29, 0.717) is 5.05 Å². The zero-order chi connectivity index (χ0) is 17.4. The van der Waals surface area contributed by atoms with E-state index in [-0.39, 0.29) is 0 Å². The van der Waals surface area contributed by atoms with Crippen molar-refractivity contribution in [3.63, 3.8) is 0 Å². The lowest BCUT2D eigenvalue weighted by Crippen LogP contribution is -2.55. The van der Waals surface area contributed by atoms with E-state index in [1.165, 1.54) is 17.8 Å². The standard InChI is InChI=1S/C19H25NOSSi2/c1-23(2)13-14-24(3,4)20(23)17-10-8-9-16(15-17)19(22)21-18-11-6-5-7-12-18/h5-12,15H,13-14H2,1-4H3. The van der Waals surface area contributed by atoms with Gasteiger partial charge in [0.25, 0.3) is 0 Å². The number of hydrogen-bond acceptors (Lipinski definition) is 3. The lowest BCUT2D eigenvalue weighted by atomic mass is 10.2. The topological polar surface area (TPSA) is 12.5 Å². The van der Waals surface area contributed by atoms with Gasteiger partial charge < -0.3 is 8.97 Å². The van der Waals surface area contributed by atoms with Gasteiger partial charge in [0.15, 0.2) is 5.05 Å². The van der Waals surface area contributed by atoms with Crippen LogP contribution in [0.3, 0.4) is 0 Å². The summed E-state index contributed by atoms with van der Waals surface area (Å²) in [5.41, 5.74) is 2.32. The van der Waals surface area contributed by atoms with Crippen LogP contribution >= 0.6 is 12.2 Å². The van der Waals surface area contributed by atoms with Gasteiger partial charge in [0.1, 0.15) is 22.2 Å². The smallest absolute Gasteiger partial charge is 0.198 e. The average molecular weight is 372 g/mol. The minimum atomic E-state index is -1.37. The number of thiocarbonyl (C=S) groups is 1. The highest BCUT2D eigenvalue weighted by Crippen LogP contribution is 2.40. The van der Waals surface area contributed by atoms with Crippen molar-refractivity contribution in [1.29, 1.82) is 0 Å². The molecular formula is C19H25NOSSi2.